The summed E-state index contributed by atoms with van der Waals surface area (Å²) in [6.07, 6.45) is 8.79. The summed E-state index contributed by atoms with van der Waals surface area (Å²) in [4.78, 5) is 19.6. The molecule has 3 aromatic rings. The normalized spacial score (nSPS) is 16.8. The molecule has 1 aliphatic heterocycles. The van der Waals surface area contributed by atoms with Gasteiger partial charge >= 0.3 is 0 Å². The summed E-state index contributed by atoms with van der Waals surface area (Å²) in [7, 11) is 0. The van der Waals surface area contributed by atoms with Gasteiger partial charge in [-0.25, -0.2) is 4.52 Å². The SMILES string of the molecule is CCC(C)NC(=O)c1cc(-c2cnn(C3CCN(CC)CC3)c2)cn2nc(N)nc12. The minimum absolute atomic E-state index is 0.0678. The molecular formula is C21H30N8O. The molecule has 4 rings (SSSR count). The monoisotopic (exact) mass is 410 g/mol. The molecule has 1 atom stereocenters. The van der Waals surface area contributed by atoms with Gasteiger partial charge < -0.3 is 16.0 Å². The maximum atomic E-state index is 12.9. The Morgan fingerprint density at radius 3 is 2.73 bits per heavy atom. The van der Waals surface area contributed by atoms with Crippen LogP contribution in [0.3, 0.4) is 0 Å². The van der Waals surface area contributed by atoms with Crippen molar-refractivity contribution in [3.63, 3.8) is 0 Å². The zero-order chi connectivity index (χ0) is 21.3. The van der Waals surface area contributed by atoms with Gasteiger partial charge in [0.05, 0.1) is 17.8 Å². The number of anilines is 1. The van der Waals surface area contributed by atoms with E-state index in [0.29, 0.717) is 17.3 Å². The van der Waals surface area contributed by atoms with Crippen LogP contribution in [0, 0.1) is 0 Å². The Morgan fingerprint density at radius 1 is 1.27 bits per heavy atom. The van der Waals surface area contributed by atoms with E-state index in [0.717, 1.165) is 50.0 Å². The van der Waals surface area contributed by atoms with Crippen LogP contribution >= 0.6 is 0 Å². The van der Waals surface area contributed by atoms with E-state index >= 15 is 0 Å². The van der Waals surface area contributed by atoms with Crippen molar-refractivity contribution in [3.05, 3.63) is 30.2 Å². The molecule has 0 saturated carbocycles. The molecule has 30 heavy (non-hydrogen) atoms. The van der Waals surface area contributed by atoms with Crippen LogP contribution in [-0.4, -0.2) is 60.9 Å². The number of rotatable bonds is 6. The highest BCUT2D eigenvalue weighted by Crippen LogP contribution is 2.27. The largest absolute Gasteiger partial charge is 0.366 e. The molecular weight excluding hydrogens is 380 g/mol. The van der Waals surface area contributed by atoms with Gasteiger partial charge in [0, 0.05) is 42.7 Å². The maximum absolute atomic E-state index is 12.9. The Balaban J connectivity index is 1.65. The molecule has 3 aromatic heterocycles. The van der Waals surface area contributed by atoms with E-state index in [9.17, 15) is 4.79 Å². The van der Waals surface area contributed by atoms with Gasteiger partial charge in [-0.15, -0.1) is 5.10 Å². The van der Waals surface area contributed by atoms with Gasteiger partial charge in [0.25, 0.3) is 5.91 Å². The molecule has 0 radical (unpaired) electrons. The smallest absolute Gasteiger partial charge is 0.255 e. The number of nitrogens with zero attached hydrogens (tertiary/aromatic N) is 6. The zero-order valence-electron chi connectivity index (χ0n) is 17.9. The van der Waals surface area contributed by atoms with Crippen LogP contribution < -0.4 is 11.1 Å². The molecule has 9 nitrogen and oxygen atoms in total. The van der Waals surface area contributed by atoms with Gasteiger partial charge in [-0.3, -0.25) is 9.48 Å². The van der Waals surface area contributed by atoms with Crippen LogP contribution in [0.5, 0.6) is 0 Å². The lowest BCUT2D eigenvalue weighted by Gasteiger charge is -2.31. The van der Waals surface area contributed by atoms with Gasteiger partial charge in [0.2, 0.25) is 5.95 Å². The average molecular weight is 411 g/mol. The summed E-state index contributed by atoms with van der Waals surface area (Å²) in [6.45, 7) is 9.51. The second-order valence-electron chi connectivity index (χ2n) is 8.04. The fraction of sp³-hybridized carbons (Fsp3) is 0.524. The quantitative estimate of drug-likeness (QED) is 0.646. The van der Waals surface area contributed by atoms with Gasteiger partial charge in [0.1, 0.15) is 0 Å². The fourth-order valence-corrected chi connectivity index (χ4v) is 3.92. The highest BCUT2D eigenvalue weighted by Gasteiger charge is 2.22. The molecule has 3 N–H and O–H groups in total. The number of fused-ring (bicyclic) bond motifs is 1. The van der Waals surface area contributed by atoms with E-state index in [1.807, 2.05) is 32.3 Å². The van der Waals surface area contributed by atoms with E-state index in [2.05, 4.69) is 43.2 Å². The van der Waals surface area contributed by atoms with Crippen molar-refractivity contribution in [2.45, 2.75) is 52.1 Å². The number of nitrogens with two attached hydrogens (primary N) is 1. The van der Waals surface area contributed by atoms with E-state index in [1.165, 1.54) is 0 Å². The zero-order valence-corrected chi connectivity index (χ0v) is 17.9. The molecule has 0 bridgehead atoms. The molecule has 1 amide bonds. The minimum atomic E-state index is -0.178. The third kappa shape index (κ3) is 4.02. The topological polar surface area (TPSA) is 106 Å². The fourth-order valence-electron chi connectivity index (χ4n) is 3.92. The van der Waals surface area contributed by atoms with Crippen molar-refractivity contribution >= 4 is 17.5 Å². The summed E-state index contributed by atoms with van der Waals surface area (Å²) in [5, 5.41) is 11.8. The van der Waals surface area contributed by atoms with Gasteiger partial charge in [0.15, 0.2) is 5.65 Å². The first kappa shape index (κ1) is 20.3. The third-order valence-corrected chi connectivity index (χ3v) is 6.00. The predicted molar refractivity (Wildman–Crippen MR) is 116 cm³/mol. The maximum Gasteiger partial charge on any atom is 0.255 e. The third-order valence-electron chi connectivity index (χ3n) is 6.00. The number of pyridine rings is 1. The standard InChI is InChI=1S/C21H30N8O/c1-4-14(3)24-20(30)18-10-15(12-29-19(18)25-21(22)26-29)16-11-23-28(13-16)17-6-8-27(5-2)9-7-17/h10-14,17H,4-9H2,1-3H3,(H2,22,26)(H,24,30). The molecule has 0 aliphatic carbocycles. The second-order valence-corrected chi connectivity index (χ2v) is 8.04. The lowest BCUT2D eigenvalue weighted by Crippen LogP contribution is -2.34. The summed E-state index contributed by atoms with van der Waals surface area (Å²) < 4.78 is 3.63. The van der Waals surface area contributed by atoms with Crippen molar-refractivity contribution in [2.24, 2.45) is 0 Å². The summed E-state index contributed by atoms with van der Waals surface area (Å²) in [6, 6.07) is 2.32. The average Bonchev–Trinajstić information content (AvgIpc) is 3.39. The number of carbonyl (C=O) groups excluding carboxylic acids is 1. The first-order valence-corrected chi connectivity index (χ1v) is 10.7. The molecule has 1 aliphatic rings. The van der Waals surface area contributed by atoms with Crippen LogP contribution in [0.4, 0.5) is 5.95 Å². The second kappa shape index (κ2) is 8.43. The number of likely N-dealkylation sites (tertiary alicyclic amines) is 1. The Kier molecular flexibility index (Phi) is 5.72. The number of amides is 1. The minimum Gasteiger partial charge on any atom is -0.366 e. The number of carbonyl (C=O) groups is 1. The van der Waals surface area contributed by atoms with Crippen molar-refractivity contribution in [2.75, 3.05) is 25.4 Å². The predicted octanol–water partition coefficient (Wildman–Crippen LogP) is 2.36. The van der Waals surface area contributed by atoms with Crippen molar-refractivity contribution < 1.29 is 4.79 Å². The molecule has 160 valence electrons. The molecule has 0 aromatic carbocycles. The number of piperidine rings is 1. The van der Waals surface area contributed by atoms with Crippen LogP contribution in [-0.2, 0) is 0 Å². The number of nitrogens with one attached hydrogen (secondary N) is 1. The molecule has 1 saturated heterocycles. The van der Waals surface area contributed by atoms with Crippen LogP contribution in [0.15, 0.2) is 24.7 Å². The van der Waals surface area contributed by atoms with E-state index in [1.54, 1.807) is 4.52 Å². The molecule has 1 fully saturated rings. The lowest BCUT2D eigenvalue weighted by atomic mass is 10.1. The molecule has 1 unspecified atom stereocenters. The van der Waals surface area contributed by atoms with Crippen LogP contribution in [0.25, 0.3) is 16.8 Å². The first-order chi connectivity index (χ1) is 14.5. The van der Waals surface area contributed by atoms with E-state index in [-0.39, 0.29) is 17.9 Å². The van der Waals surface area contributed by atoms with Gasteiger partial charge in [-0.05, 0) is 38.8 Å². The van der Waals surface area contributed by atoms with Crippen LogP contribution in [0.1, 0.15) is 56.4 Å². The number of hydrogen-bond donors (Lipinski definition) is 2. The van der Waals surface area contributed by atoms with E-state index < -0.39 is 0 Å². The molecule has 9 heteroatoms. The summed E-state index contributed by atoms with van der Waals surface area (Å²) >= 11 is 0. The number of nitrogen functional groups attached to an aromatic ring is 1. The van der Waals surface area contributed by atoms with Gasteiger partial charge in [-0.2, -0.15) is 10.1 Å². The van der Waals surface area contributed by atoms with E-state index in [4.69, 9.17) is 5.73 Å². The number of aromatic nitrogens is 5. The molecule has 0 spiro atoms. The Morgan fingerprint density at radius 2 is 2.03 bits per heavy atom. The van der Waals surface area contributed by atoms with Gasteiger partial charge in [-0.1, -0.05) is 13.8 Å². The summed E-state index contributed by atoms with van der Waals surface area (Å²) in [5.74, 6) is -0.0361. The lowest BCUT2D eigenvalue weighted by molar-refractivity contribution is 0.0940. The van der Waals surface area contributed by atoms with Crippen LogP contribution in [0.2, 0.25) is 0 Å². The molecule has 4 heterocycles. The van der Waals surface area contributed by atoms with Crippen molar-refractivity contribution in [1.29, 1.82) is 0 Å². The summed E-state index contributed by atoms with van der Waals surface area (Å²) in [5.41, 5.74) is 8.53. The van der Waals surface area contributed by atoms with Crippen molar-refractivity contribution in [1.82, 2.24) is 34.6 Å². The first-order valence-electron chi connectivity index (χ1n) is 10.7. The highest BCUT2D eigenvalue weighted by atomic mass is 16.1. The number of hydrogen-bond acceptors (Lipinski definition) is 6. The Hall–Kier alpha value is -2.94. The Labute approximate surface area is 176 Å². The Bertz CT molecular complexity index is 1030. The van der Waals surface area contributed by atoms with Crippen molar-refractivity contribution in [3.8, 4) is 11.1 Å². The highest BCUT2D eigenvalue weighted by molar-refractivity contribution is 6.01.